The Balaban J connectivity index is 1.89. The van der Waals surface area contributed by atoms with E-state index in [9.17, 15) is 15.5 Å². The molecule has 2 aliphatic rings. The maximum absolute atomic E-state index is 11.6. The molecule has 8 heteroatoms. The van der Waals surface area contributed by atoms with E-state index in [0.717, 1.165) is 5.69 Å². The Morgan fingerprint density at radius 1 is 1.08 bits per heavy atom. The molecule has 2 N–H and O–H groups in total. The van der Waals surface area contributed by atoms with Gasteiger partial charge < -0.3 is 20.7 Å². The fraction of sp³-hybridized carbons (Fsp3) is 0.118. The standard InChI is InChI=1S/C17H15N5O3/c1-10-7-8-12(9-18-10)20-17(23)16-11(2)15(22(24)25)13-5-3-4-6-14(13)21(16)19-20/h3-9,19,23H,1-2H3/q-2. The highest BCUT2D eigenvalue weighted by Gasteiger charge is 2.37. The number of hydrogen-bond acceptors (Lipinski definition) is 8. The predicted octanol–water partition coefficient (Wildman–Crippen LogP) is 2.91. The first-order valence-electron chi connectivity index (χ1n) is 7.66. The molecule has 8 nitrogen and oxygen atoms in total. The van der Waals surface area contributed by atoms with Gasteiger partial charge in [0, 0.05) is 22.5 Å². The molecular weight excluding hydrogens is 322 g/mol. The van der Waals surface area contributed by atoms with E-state index in [0.29, 0.717) is 28.2 Å². The van der Waals surface area contributed by atoms with Gasteiger partial charge in [-0.2, -0.15) is 0 Å². The number of hydrazine groups is 2. The highest BCUT2D eigenvalue weighted by Crippen LogP contribution is 2.43. The van der Waals surface area contributed by atoms with E-state index < -0.39 is 5.23 Å². The van der Waals surface area contributed by atoms with E-state index in [1.54, 1.807) is 42.4 Å². The van der Waals surface area contributed by atoms with Gasteiger partial charge in [-0.25, -0.2) is 5.01 Å². The number of hydroxylamine groups is 2. The number of aryl methyl sites for hydroxylation is 1. The normalized spacial score (nSPS) is 16.3. The lowest BCUT2D eigenvalue weighted by atomic mass is 9.98. The lowest BCUT2D eigenvalue weighted by Crippen LogP contribution is -2.43. The summed E-state index contributed by atoms with van der Waals surface area (Å²) in [5, 5.41) is 36.6. The molecule has 0 fully saturated rings. The molecule has 4 rings (SSSR count). The summed E-state index contributed by atoms with van der Waals surface area (Å²) in [7, 11) is 0. The van der Waals surface area contributed by atoms with Crippen LogP contribution in [0, 0.1) is 17.3 Å². The monoisotopic (exact) mass is 337 g/mol. The number of aromatic nitrogens is 1. The van der Waals surface area contributed by atoms with Crippen LogP contribution in [0.25, 0.3) is 5.70 Å². The number of fused-ring (bicyclic) bond motifs is 3. The lowest BCUT2D eigenvalue weighted by molar-refractivity contribution is 0.387. The molecule has 0 bridgehead atoms. The number of rotatable bonds is 2. The summed E-state index contributed by atoms with van der Waals surface area (Å²) in [4.78, 5) is 4.23. The maximum atomic E-state index is 11.6. The van der Waals surface area contributed by atoms with Gasteiger partial charge in [0.15, 0.2) is 0 Å². The molecule has 0 amide bonds. The Bertz CT molecular complexity index is 905. The Morgan fingerprint density at radius 2 is 1.84 bits per heavy atom. The molecule has 25 heavy (non-hydrogen) atoms. The Labute approximate surface area is 144 Å². The van der Waals surface area contributed by atoms with Crippen molar-refractivity contribution in [3.8, 4) is 0 Å². The summed E-state index contributed by atoms with van der Waals surface area (Å²) < 4.78 is 0. The molecule has 0 radical (unpaired) electrons. The molecule has 1 aromatic heterocycles. The van der Waals surface area contributed by atoms with Crippen LogP contribution in [-0.2, 0) is 0 Å². The fourth-order valence-electron chi connectivity index (χ4n) is 3.10. The van der Waals surface area contributed by atoms with Gasteiger partial charge in [0.1, 0.15) is 5.70 Å². The van der Waals surface area contributed by atoms with E-state index in [1.807, 2.05) is 19.1 Å². The highest BCUT2D eigenvalue weighted by molar-refractivity contribution is 5.87. The molecule has 0 spiro atoms. The Kier molecular flexibility index (Phi) is 3.39. The number of pyridine rings is 1. The summed E-state index contributed by atoms with van der Waals surface area (Å²) in [6, 6.07) is 10.6. The molecule has 128 valence electrons. The smallest absolute Gasteiger partial charge is 0.234 e. The number of para-hydroxylation sites is 1. The van der Waals surface area contributed by atoms with Crippen LogP contribution < -0.4 is 15.6 Å². The minimum atomic E-state index is -0.415. The average molecular weight is 337 g/mol. The van der Waals surface area contributed by atoms with Crippen LogP contribution in [-0.4, -0.2) is 15.3 Å². The lowest BCUT2D eigenvalue weighted by Gasteiger charge is -2.44. The van der Waals surface area contributed by atoms with Crippen molar-refractivity contribution in [1.29, 1.82) is 0 Å². The Hall–Kier alpha value is -3.07. The van der Waals surface area contributed by atoms with Crippen LogP contribution in [0.3, 0.4) is 0 Å². The van der Waals surface area contributed by atoms with Gasteiger partial charge in [-0.05, 0) is 32.0 Å². The van der Waals surface area contributed by atoms with E-state index in [2.05, 4.69) is 10.5 Å². The minimum Gasteiger partial charge on any atom is -0.769 e. The summed E-state index contributed by atoms with van der Waals surface area (Å²) in [6.45, 7) is 3.50. The van der Waals surface area contributed by atoms with Crippen molar-refractivity contribution in [1.82, 2.24) is 15.7 Å². The van der Waals surface area contributed by atoms with Crippen LogP contribution >= 0.6 is 0 Å². The predicted molar refractivity (Wildman–Crippen MR) is 94.3 cm³/mol. The molecule has 0 saturated heterocycles. The molecule has 2 aromatic rings. The zero-order valence-electron chi connectivity index (χ0n) is 13.6. The zero-order chi connectivity index (χ0) is 17.7. The molecule has 1 aromatic carbocycles. The minimum absolute atomic E-state index is 0.0147. The number of allylic oxidation sites excluding steroid dienone is 1. The van der Waals surface area contributed by atoms with E-state index in [-0.39, 0.29) is 11.6 Å². The molecule has 0 unspecified atom stereocenters. The Morgan fingerprint density at radius 3 is 2.52 bits per heavy atom. The topological polar surface area (TPSA) is 101 Å². The third-order valence-corrected chi connectivity index (χ3v) is 4.29. The average Bonchev–Trinajstić information content (AvgIpc) is 2.94. The molecule has 2 aliphatic heterocycles. The van der Waals surface area contributed by atoms with Crippen molar-refractivity contribution in [3.05, 3.63) is 81.4 Å². The zero-order valence-corrected chi connectivity index (χ0v) is 13.6. The number of nitrogens with one attached hydrogen (secondary N) is 1. The van der Waals surface area contributed by atoms with Crippen molar-refractivity contribution >= 4 is 17.1 Å². The van der Waals surface area contributed by atoms with Gasteiger partial charge in [-0.1, -0.05) is 18.2 Å². The van der Waals surface area contributed by atoms with Crippen molar-refractivity contribution < 1.29 is 5.11 Å². The van der Waals surface area contributed by atoms with Crippen molar-refractivity contribution in [2.24, 2.45) is 0 Å². The molecular formula is C17H15N5O3-2. The van der Waals surface area contributed by atoms with E-state index >= 15 is 0 Å². The third-order valence-electron chi connectivity index (χ3n) is 4.29. The molecule has 0 atom stereocenters. The second-order valence-corrected chi connectivity index (χ2v) is 5.85. The first-order chi connectivity index (χ1) is 12.0. The summed E-state index contributed by atoms with van der Waals surface area (Å²) >= 11 is 0. The second kappa shape index (κ2) is 5.49. The maximum Gasteiger partial charge on any atom is 0.234 e. The number of aliphatic hydroxyl groups is 1. The summed E-state index contributed by atoms with van der Waals surface area (Å²) in [5.74, 6) is -0.114. The van der Waals surface area contributed by atoms with Crippen LogP contribution in [0.4, 0.5) is 11.4 Å². The third kappa shape index (κ3) is 2.23. The van der Waals surface area contributed by atoms with Gasteiger partial charge in [0.05, 0.1) is 17.6 Å². The van der Waals surface area contributed by atoms with Crippen molar-refractivity contribution in [2.75, 3.05) is 10.0 Å². The van der Waals surface area contributed by atoms with Gasteiger partial charge in [0.2, 0.25) is 5.88 Å². The van der Waals surface area contributed by atoms with Gasteiger partial charge in [0.25, 0.3) is 0 Å². The van der Waals surface area contributed by atoms with Crippen molar-refractivity contribution in [3.63, 3.8) is 0 Å². The SMILES string of the molecule is CC1=C(N([O-])[O-])c2ccccc2N2NN(c3ccc(C)nc3)C(O)=C12. The van der Waals surface area contributed by atoms with Gasteiger partial charge in [-0.3, -0.25) is 9.99 Å². The number of anilines is 2. The van der Waals surface area contributed by atoms with Gasteiger partial charge >= 0.3 is 0 Å². The largest absolute Gasteiger partial charge is 0.769 e. The van der Waals surface area contributed by atoms with Crippen LogP contribution in [0.2, 0.25) is 0 Å². The number of benzene rings is 1. The molecule has 3 heterocycles. The summed E-state index contributed by atoms with van der Waals surface area (Å²) in [6.07, 6.45) is 1.62. The summed E-state index contributed by atoms with van der Waals surface area (Å²) in [5.41, 5.74) is 6.37. The van der Waals surface area contributed by atoms with Crippen LogP contribution in [0.1, 0.15) is 18.2 Å². The van der Waals surface area contributed by atoms with Crippen LogP contribution in [0.5, 0.6) is 0 Å². The number of hydrogen-bond donors (Lipinski definition) is 2. The van der Waals surface area contributed by atoms with Crippen molar-refractivity contribution in [2.45, 2.75) is 13.8 Å². The highest BCUT2D eigenvalue weighted by atomic mass is 16.8. The van der Waals surface area contributed by atoms with E-state index in [1.165, 1.54) is 5.01 Å². The first kappa shape index (κ1) is 15.5. The van der Waals surface area contributed by atoms with Gasteiger partial charge in [-0.15, -0.1) is 5.53 Å². The fourth-order valence-corrected chi connectivity index (χ4v) is 3.10. The van der Waals surface area contributed by atoms with Crippen LogP contribution in [0.15, 0.2) is 59.7 Å². The molecule has 0 saturated carbocycles. The second-order valence-electron chi connectivity index (χ2n) is 5.85. The van der Waals surface area contributed by atoms with E-state index in [4.69, 9.17) is 0 Å². The quantitative estimate of drug-likeness (QED) is 0.807. The first-order valence-corrected chi connectivity index (χ1v) is 7.66. The molecule has 0 aliphatic carbocycles. The number of aliphatic hydroxyl groups excluding tert-OH is 1. The number of nitrogens with zero attached hydrogens (tertiary/aromatic N) is 4.